The normalized spacial score (nSPS) is 14.9. The second-order valence-corrected chi connectivity index (χ2v) is 12.2. The van der Waals surface area contributed by atoms with Crippen LogP contribution in [0, 0.1) is 0 Å². The van der Waals surface area contributed by atoms with E-state index in [1.54, 1.807) is 28.9 Å². The van der Waals surface area contributed by atoms with Crippen LogP contribution in [0.1, 0.15) is 24.3 Å². The van der Waals surface area contributed by atoms with Gasteiger partial charge in [-0.1, -0.05) is 41.9 Å². The first-order valence-corrected chi connectivity index (χ1v) is 14.8. The minimum atomic E-state index is -3.48. The molecule has 1 aliphatic rings. The predicted molar refractivity (Wildman–Crippen MR) is 154 cm³/mol. The summed E-state index contributed by atoms with van der Waals surface area (Å²) in [5, 5.41) is 8.38. The molecule has 1 fully saturated rings. The maximum atomic E-state index is 12.3. The van der Waals surface area contributed by atoms with E-state index in [1.165, 1.54) is 16.9 Å². The summed E-state index contributed by atoms with van der Waals surface area (Å²) in [7, 11) is -1.96. The number of halogens is 1. The summed E-state index contributed by atoms with van der Waals surface area (Å²) in [5.41, 5.74) is 9.84. The molecular formula is C27H30ClN7O3S. The molecule has 1 amide bonds. The molecule has 204 valence electrons. The van der Waals surface area contributed by atoms with Crippen LogP contribution < -0.4 is 15.4 Å². The van der Waals surface area contributed by atoms with Gasteiger partial charge in [0.2, 0.25) is 21.9 Å². The molecule has 10 nitrogen and oxygen atoms in total. The Labute approximate surface area is 232 Å². The van der Waals surface area contributed by atoms with Gasteiger partial charge in [-0.25, -0.2) is 17.9 Å². The van der Waals surface area contributed by atoms with Gasteiger partial charge in [0.05, 0.1) is 35.4 Å². The van der Waals surface area contributed by atoms with Crippen molar-refractivity contribution in [2.75, 3.05) is 42.6 Å². The highest BCUT2D eigenvalue weighted by molar-refractivity contribution is 7.92. The van der Waals surface area contributed by atoms with Crippen LogP contribution in [0.4, 0.5) is 17.3 Å². The average Bonchev–Trinajstić information content (AvgIpc) is 3.24. The summed E-state index contributed by atoms with van der Waals surface area (Å²) in [6.45, 7) is 2.02. The largest absolute Gasteiger partial charge is 0.369 e. The summed E-state index contributed by atoms with van der Waals surface area (Å²) in [5.74, 6) is 0.520. The minimum Gasteiger partial charge on any atom is -0.369 e. The number of hydrogen-bond donors (Lipinski definition) is 2. The molecular weight excluding hydrogens is 538 g/mol. The van der Waals surface area contributed by atoms with Gasteiger partial charge in [0.25, 0.3) is 0 Å². The van der Waals surface area contributed by atoms with Crippen LogP contribution in [0.25, 0.3) is 16.8 Å². The van der Waals surface area contributed by atoms with Gasteiger partial charge in [0.15, 0.2) is 0 Å². The van der Waals surface area contributed by atoms with E-state index in [0.717, 1.165) is 37.9 Å². The lowest BCUT2D eigenvalue weighted by Crippen LogP contribution is -2.39. The molecule has 12 heteroatoms. The number of piperidine rings is 1. The van der Waals surface area contributed by atoms with Crippen molar-refractivity contribution in [1.82, 2.24) is 19.5 Å². The summed E-state index contributed by atoms with van der Waals surface area (Å²) in [6.07, 6.45) is 4.76. The summed E-state index contributed by atoms with van der Waals surface area (Å²) in [6, 6.07) is 17.2. The molecule has 0 saturated carbocycles. The van der Waals surface area contributed by atoms with Crippen molar-refractivity contribution in [2.45, 2.75) is 18.8 Å². The van der Waals surface area contributed by atoms with Crippen LogP contribution in [0.15, 0.2) is 60.8 Å². The third-order valence-electron chi connectivity index (χ3n) is 7.09. The fraction of sp³-hybridized carbons (Fsp3) is 0.296. The Balaban J connectivity index is 1.38. The van der Waals surface area contributed by atoms with Crippen molar-refractivity contribution in [3.8, 4) is 11.3 Å². The highest BCUT2D eigenvalue weighted by atomic mass is 35.5. The monoisotopic (exact) mass is 567 g/mol. The molecule has 4 aromatic rings. The number of fused-ring (bicyclic) bond motifs is 1. The fourth-order valence-corrected chi connectivity index (χ4v) is 5.71. The molecule has 0 radical (unpaired) electrons. The van der Waals surface area contributed by atoms with E-state index in [2.05, 4.69) is 32.4 Å². The number of amides is 1. The number of anilines is 3. The lowest BCUT2D eigenvalue weighted by atomic mass is 9.89. The third-order valence-corrected chi connectivity index (χ3v) is 8.58. The van der Waals surface area contributed by atoms with Crippen molar-refractivity contribution in [2.24, 2.45) is 5.73 Å². The zero-order chi connectivity index (χ0) is 27.7. The second-order valence-electron chi connectivity index (χ2n) is 9.77. The summed E-state index contributed by atoms with van der Waals surface area (Å²) >= 11 is 6.51. The summed E-state index contributed by atoms with van der Waals surface area (Å²) in [4.78, 5) is 17.7. The van der Waals surface area contributed by atoms with Gasteiger partial charge < -0.3 is 11.1 Å². The highest BCUT2D eigenvalue weighted by Crippen LogP contribution is 2.35. The predicted octanol–water partition coefficient (Wildman–Crippen LogP) is 3.85. The van der Waals surface area contributed by atoms with E-state index < -0.39 is 10.0 Å². The van der Waals surface area contributed by atoms with Gasteiger partial charge in [0, 0.05) is 18.3 Å². The Morgan fingerprint density at radius 3 is 2.51 bits per heavy atom. The SMILES string of the molecule is CN(c1ccccc1-c1cc(Cl)c2cnc(Nc3ccc(C4CCN(CC(N)=O)CC4)cc3)nn12)S(C)(=O)=O. The molecule has 3 heterocycles. The van der Waals surface area contributed by atoms with Crippen LogP contribution in [0.3, 0.4) is 0 Å². The molecule has 0 spiro atoms. The Kier molecular flexibility index (Phi) is 7.48. The number of benzene rings is 2. The molecule has 5 rings (SSSR count). The Bertz CT molecular complexity index is 1610. The number of nitrogens with one attached hydrogen (secondary N) is 1. The number of carbonyl (C=O) groups excluding carboxylic acids is 1. The molecule has 1 saturated heterocycles. The fourth-order valence-electron chi connectivity index (χ4n) is 4.96. The van der Waals surface area contributed by atoms with Crippen molar-refractivity contribution in [1.29, 1.82) is 0 Å². The molecule has 0 unspecified atom stereocenters. The van der Waals surface area contributed by atoms with E-state index in [-0.39, 0.29) is 5.91 Å². The van der Waals surface area contributed by atoms with Crippen LogP contribution in [0.5, 0.6) is 0 Å². The Morgan fingerprint density at radius 2 is 1.85 bits per heavy atom. The maximum absolute atomic E-state index is 12.3. The first kappa shape index (κ1) is 26.9. The third kappa shape index (κ3) is 5.85. The molecule has 0 bridgehead atoms. The topological polar surface area (TPSA) is 126 Å². The van der Waals surface area contributed by atoms with Gasteiger partial charge in [0.1, 0.15) is 5.52 Å². The zero-order valence-electron chi connectivity index (χ0n) is 21.7. The van der Waals surface area contributed by atoms with Gasteiger partial charge in [-0.3, -0.25) is 14.0 Å². The van der Waals surface area contributed by atoms with Gasteiger partial charge in [-0.05, 0) is 61.7 Å². The summed E-state index contributed by atoms with van der Waals surface area (Å²) < 4.78 is 27.4. The first-order valence-electron chi connectivity index (χ1n) is 12.6. The van der Waals surface area contributed by atoms with Gasteiger partial charge >= 0.3 is 0 Å². The molecule has 2 aromatic heterocycles. The van der Waals surface area contributed by atoms with E-state index in [9.17, 15) is 13.2 Å². The van der Waals surface area contributed by atoms with Crippen molar-refractivity contribution in [3.63, 3.8) is 0 Å². The number of carbonyl (C=O) groups is 1. The van der Waals surface area contributed by atoms with Crippen LogP contribution in [0.2, 0.25) is 5.02 Å². The number of para-hydroxylation sites is 1. The Hall–Kier alpha value is -3.67. The molecule has 39 heavy (non-hydrogen) atoms. The van der Waals surface area contributed by atoms with Crippen LogP contribution in [-0.4, -0.2) is 66.8 Å². The van der Waals surface area contributed by atoms with Crippen LogP contribution >= 0.6 is 11.6 Å². The highest BCUT2D eigenvalue weighted by Gasteiger charge is 2.22. The number of primary amides is 1. The van der Waals surface area contributed by atoms with E-state index in [1.807, 2.05) is 24.3 Å². The van der Waals surface area contributed by atoms with Crippen molar-refractivity contribution >= 4 is 50.4 Å². The van der Waals surface area contributed by atoms with Crippen molar-refractivity contribution in [3.05, 3.63) is 71.4 Å². The lowest BCUT2D eigenvalue weighted by molar-refractivity contribution is -0.119. The first-order chi connectivity index (χ1) is 18.6. The number of aromatic nitrogens is 3. The lowest BCUT2D eigenvalue weighted by Gasteiger charge is -2.31. The smallest absolute Gasteiger partial charge is 0.245 e. The van der Waals surface area contributed by atoms with Crippen LogP contribution in [-0.2, 0) is 14.8 Å². The zero-order valence-corrected chi connectivity index (χ0v) is 23.3. The second kappa shape index (κ2) is 10.8. The van der Waals surface area contributed by atoms with E-state index >= 15 is 0 Å². The van der Waals surface area contributed by atoms with Gasteiger partial charge in [-0.15, -0.1) is 5.10 Å². The van der Waals surface area contributed by atoms with Crippen molar-refractivity contribution < 1.29 is 13.2 Å². The number of likely N-dealkylation sites (tertiary alicyclic amines) is 1. The molecule has 0 aliphatic carbocycles. The number of nitrogens with zero attached hydrogens (tertiary/aromatic N) is 5. The molecule has 1 aliphatic heterocycles. The Morgan fingerprint density at radius 1 is 1.15 bits per heavy atom. The quantitative estimate of drug-likeness (QED) is 0.331. The molecule has 0 atom stereocenters. The number of rotatable bonds is 8. The number of nitrogens with two attached hydrogens (primary N) is 1. The standard InChI is InChI=1S/C27H30ClN7O3S/c1-33(39(2,37)38)23-6-4-3-5-21(23)24-15-22(28)25-16-30-27(32-35(24)25)31-20-9-7-18(8-10-20)19-11-13-34(14-12-19)17-26(29)36/h3-10,15-16,19H,11-14,17H2,1-2H3,(H2,29,36)(H,31,32). The maximum Gasteiger partial charge on any atom is 0.245 e. The van der Waals surface area contributed by atoms with E-state index in [4.69, 9.17) is 17.3 Å². The average molecular weight is 568 g/mol. The van der Waals surface area contributed by atoms with Gasteiger partial charge in [-0.2, -0.15) is 0 Å². The number of sulfonamides is 1. The molecule has 2 aromatic carbocycles. The number of hydrogen-bond acceptors (Lipinski definition) is 7. The molecule has 3 N–H and O–H groups in total. The van der Waals surface area contributed by atoms with E-state index in [0.29, 0.717) is 45.9 Å². The minimum absolute atomic E-state index is 0.288.